The fourth-order valence-electron chi connectivity index (χ4n) is 5.82. The number of nitrogens with zero attached hydrogens (tertiary/aromatic N) is 5. The summed E-state index contributed by atoms with van der Waals surface area (Å²) >= 11 is 3.44. The van der Waals surface area contributed by atoms with Crippen LogP contribution in [0.15, 0.2) is 82.3 Å². The van der Waals surface area contributed by atoms with Crippen LogP contribution in [0.3, 0.4) is 0 Å². The molecule has 49 heavy (non-hydrogen) atoms. The average molecular weight is 749 g/mol. The number of ether oxygens (including phenoxy) is 2. The van der Waals surface area contributed by atoms with Gasteiger partial charge in [-0.05, 0) is 79.2 Å². The van der Waals surface area contributed by atoms with Crippen molar-refractivity contribution in [3.8, 4) is 5.75 Å². The van der Waals surface area contributed by atoms with Gasteiger partial charge >= 0.3 is 5.97 Å². The lowest BCUT2D eigenvalue weighted by atomic mass is 10.1. The van der Waals surface area contributed by atoms with Gasteiger partial charge in [0.2, 0.25) is 5.95 Å². The molecule has 12 nitrogen and oxygen atoms in total. The molecule has 256 valence electrons. The van der Waals surface area contributed by atoms with Gasteiger partial charge in [0.05, 0.1) is 41.4 Å². The van der Waals surface area contributed by atoms with Gasteiger partial charge in [-0.3, -0.25) is 4.90 Å². The first-order chi connectivity index (χ1) is 23.5. The number of nitrogens with one attached hydrogen (secondary N) is 2. The quantitative estimate of drug-likeness (QED) is 0.151. The van der Waals surface area contributed by atoms with Gasteiger partial charge in [-0.15, -0.1) is 0 Å². The Balaban J connectivity index is 1.42. The summed E-state index contributed by atoms with van der Waals surface area (Å²) in [7, 11) is -1.14. The molecule has 0 spiro atoms. The lowest BCUT2D eigenvalue weighted by Gasteiger charge is -2.38. The summed E-state index contributed by atoms with van der Waals surface area (Å²) < 4.78 is 40.3. The van der Waals surface area contributed by atoms with E-state index in [4.69, 9.17) is 19.4 Å². The number of halogens is 1. The topological polar surface area (TPSA) is 131 Å². The van der Waals surface area contributed by atoms with Crippen LogP contribution in [0.5, 0.6) is 5.75 Å². The van der Waals surface area contributed by atoms with E-state index in [1.54, 1.807) is 55.6 Å². The number of rotatable bonds is 10. The molecular formula is C35H38BrN7O5S. The second-order valence-corrected chi connectivity index (χ2v) is 14.6. The van der Waals surface area contributed by atoms with Gasteiger partial charge in [0.1, 0.15) is 11.6 Å². The van der Waals surface area contributed by atoms with Gasteiger partial charge in [0, 0.05) is 54.6 Å². The highest BCUT2D eigenvalue weighted by molar-refractivity contribution is 9.10. The highest BCUT2D eigenvalue weighted by Crippen LogP contribution is 2.36. The van der Waals surface area contributed by atoms with Gasteiger partial charge in [-0.2, -0.15) is 9.97 Å². The van der Waals surface area contributed by atoms with E-state index in [1.165, 1.54) is 13.3 Å². The van der Waals surface area contributed by atoms with Crippen molar-refractivity contribution in [3.63, 3.8) is 0 Å². The van der Waals surface area contributed by atoms with Crippen LogP contribution in [-0.4, -0.2) is 79.7 Å². The molecule has 0 unspecified atom stereocenters. The standard InChI is InChI=1S/C35H38BrN7O5S/c1-22(2)41-17-19-42(20-18-41)24-11-14-28(30(21-24)47-4)38-35-39-32(37-29-8-6-7-27(36)31(29)34(44)48-5)26-15-16-43(33(26)40-35)49(45,46)25-12-9-23(3)10-13-25/h6-16,21-22H,17-20H2,1-5H3,(H2,37,38,39,40). The molecule has 0 saturated carbocycles. The second-order valence-electron chi connectivity index (χ2n) is 12.0. The molecule has 3 heterocycles. The zero-order valence-corrected chi connectivity index (χ0v) is 30.3. The van der Waals surface area contributed by atoms with Crippen LogP contribution in [0, 0.1) is 6.92 Å². The van der Waals surface area contributed by atoms with Gasteiger partial charge in [0.25, 0.3) is 10.0 Å². The van der Waals surface area contributed by atoms with Gasteiger partial charge in [0.15, 0.2) is 5.65 Å². The Labute approximate surface area is 294 Å². The number of esters is 1. The summed E-state index contributed by atoms with van der Waals surface area (Å²) in [6.45, 7) is 10.1. The molecule has 2 aromatic heterocycles. The maximum Gasteiger partial charge on any atom is 0.341 e. The van der Waals surface area contributed by atoms with Crippen molar-refractivity contribution in [1.29, 1.82) is 0 Å². The number of benzene rings is 3. The lowest BCUT2D eigenvalue weighted by molar-refractivity contribution is 0.0601. The predicted octanol–water partition coefficient (Wildman–Crippen LogP) is 6.55. The first-order valence-electron chi connectivity index (χ1n) is 15.8. The molecule has 1 saturated heterocycles. The average Bonchev–Trinajstić information content (AvgIpc) is 3.54. The number of carbonyl (C=O) groups is 1. The SMILES string of the molecule is COC(=O)c1c(Br)cccc1Nc1nc(Nc2ccc(N3CCN(C(C)C)CC3)cc2OC)nc2c1ccn2S(=O)(=O)c1ccc(C)cc1. The molecule has 0 atom stereocenters. The first kappa shape index (κ1) is 34.2. The number of aryl methyl sites for hydroxylation is 1. The van der Waals surface area contributed by atoms with Gasteiger partial charge < -0.3 is 25.0 Å². The largest absolute Gasteiger partial charge is 0.494 e. The number of hydrogen-bond acceptors (Lipinski definition) is 11. The number of hydrogen-bond donors (Lipinski definition) is 2. The Morgan fingerprint density at radius 1 is 0.918 bits per heavy atom. The van der Waals surface area contributed by atoms with E-state index < -0.39 is 16.0 Å². The Morgan fingerprint density at radius 3 is 2.33 bits per heavy atom. The lowest BCUT2D eigenvalue weighted by Crippen LogP contribution is -2.48. The van der Waals surface area contributed by atoms with Crippen LogP contribution < -0.4 is 20.3 Å². The molecule has 2 N–H and O–H groups in total. The van der Waals surface area contributed by atoms with Crippen molar-refractivity contribution in [2.45, 2.75) is 31.7 Å². The molecular weight excluding hydrogens is 710 g/mol. The zero-order valence-electron chi connectivity index (χ0n) is 27.9. The molecule has 0 bridgehead atoms. The molecule has 0 radical (unpaired) electrons. The number of aromatic nitrogens is 3. The third-order valence-corrected chi connectivity index (χ3v) is 10.9. The molecule has 5 aromatic rings. The monoisotopic (exact) mass is 747 g/mol. The van der Waals surface area contributed by atoms with Crippen LogP contribution in [-0.2, 0) is 14.8 Å². The fourth-order valence-corrected chi connectivity index (χ4v) is 7.65. The molecule has 1 aliphatic rings. The summed E-state index contributed by atoms with van der Waals surface area (Å²) in [5.41, 5.74) is 3.35. The summed E-state index contributed by atoms with van der Waals surface area (Å²) in [6.07, 6.45) is 1.44. The van der Waals surface area contributed by atoms with E-state index in [1.807, 2.05) is 25.1 Å². The van der Waals surface area contributed by atoms with Crippen LogP contribution in [0.2, 0.25) is 0 Å². The van der Waals surface area contributed by atoms with Crippen LogP contribution in [0.25, 0.3) is 11.0 Å². The van der Waals surface area contributed by atoms with E-state index >= 15 is 0 Å². The highest BCUT2D eigenvalue weighted by Gasteiger charge is 2.25. The van der Waals surface area contributed by atoms with Crippen LogP contribution >= 0.6 is 15.9 Å². The number of fused-ring (bicyclic) bond motifs is 1. The molecule has 0 amide bonds. The van der Waals surface area contributed by atoms with Crippen LogP contribution in [0.1, 0.15) is 29.8 Å². The number of methoxy groups -OCH3 is 2. The third-order valence-electron chi connectivity index (χ3n) is 8.59. The Morgan fingerprint density at radius 2 is 1.65 bits per heavy atom. The third kappa shape index (κ3) is 6.94. The van der Waals surface area contributed by atoms with E-state index in [2.05, 4.69) is 50.2 Å². The minimum absolute atomic E-state index is 0.111. The summed E-state index contributed by atoms with van der Waals surface area (Å²) in [5, 5.41) is 6.89. The normalized spacial score (nSPS) is 13.9. The molecule has 1 fully saturated rings. The molecule has 6 rings (SSSR count). The molecule has 1 aliphatic heterocycles. The summed E-state index contributed by atoms with van der Waals surface area (Å²) in [4.78, 5) is 27.1. The summed E-state index contributed by atoms with van der Waals surface area (Å²) in [6, 6.07) is 19.8. The molecule has 0 aliphatic carbocycles. The number of anilines is 5. The number of carbonyl (C=O) groups excluding carboxylic acids is 1. The Kier molecular flexibility index (Phi) is 9.82. The van der Waals surface area contributed by atoms with Crippen molar-refractivity contribution >= 4 is 71.8 Å². The maximum absolute atomic E-state index is 13.9. The van der Waals surface area contributed by atoms with E-state index in [0.717, 1.165) is 41.4 Å². The molecule has 14 heteroatoms. The highest BCUT2D eigenvalue weighted by atomic mass is 79.9. The van der Waals surface area contributed by atoms with Gasteiger partial charge in [-0.25, -0.2) is 17.2 Å². The van der Waals surface area contributed by atoms with E-state index in [0.29, 0.717) is 33.0 Å². The fraction of sp³-hybridized carbons (Fsp3) is 0.286. The number of piperazine rings is 1. The van der Waals surface area contributed by atoms with Crippen molar-refractivity contribution in [3.05, 3.63) is 88.5 Å². The van der Waals surface area contributed by atoms with Crippen molar-refractivity contribution < 1.29 is 22.7 Å². The van der Waals surface area contributed by atoms with Crippen molar-refractivity contribution in [1.82, 2.24) is 18.8 Å². The minimum Gasteiger partial charge on any atom is -0.494 e. The predicted molar refractivity (Wildman–Crippen MR) is 195 cm³/mol. The maximum atomic E-state index is 13.9. The van der Waals surface area contributed by atoms with E-state index in [9.17, 15) is 13.2 Å². The van der Waals surface area contributed by atoms with E-state index in [-0.39, 0.29) is 27.9 Å². The first-order valence-corrected chi connectivity index (χ1v) is 18.0. The Bertz CT molecular complexity index is 2110. The Hall–Kier alpha value is -4.66. The van der Waals surface area contributed by atoms with Gasteiger partial charge in [-0.1, -0.05) is 23.8 Å². The summed E-state index contributed by atoms with van der Waals surface area (Å²) in [5.74, 6) is 0.394. The zero-order chi connectivity index (χ0) is 34.9. The minimum atomic E-state index is -4.04. The smallest absolute Gasteiger partial charge is 0.341 e. The van der Waals surface area contributed by atoms with Crippen LogP contribution in [0.4, 0.5) is 28.8 Å². The second kappa shape index (κ2) is 14.1. The van der Waals surface area contributed by atoms with Crippen molar-refractivity contribution in [2.75, 3.05) is 55.9 Å². The molecule has 3 aromatic carbocycles. The van der Waals surface area contributed by atoms with Crippen molar-refractivity contribution in [2.24, 2.45) is 0 Å².